The summed E-state index contributed by atoms with van der Waals surface area (Å²) in [6.07, 6.45) is 0.826. The molecule has 0 bridgehead atoms. The van der Waals surface area contributed by atoms with Crippen molar-refractivity contribution in [2.75, 3.05) is 31.6 Å². The Balaban J connectivity index is 1.19. The van der Waals surface area contributed by atoms with E-state index >= 15 is 0 Å². The number of alkyl halides is 2. The number of hydrogen-bond acceptors (Lipinski definition) is 6. The lowest BCUT2D eigenvalue weighted by Crippen LogP contribution is -2.55. The zero-order valence-corrected chi connectivity index (χ0v) is 20.9. The molecule has 2 aliphatic heterocycles. The van der Waals surface area contributed by atoms with E-state index in [2.05, 4.69) is 20.2 Å². The number of aromatic nitrogens is 2. The van der Waals surface area contributed by atoms with Crippen LogP contribution in [0.3, 0.4) is 0 Å². The summed E-state index contributed by atoms with van der Waals surface area (Å²) in [5, 5.41) is 3.23. The summed E-state index contributed by atoms with van der Waals surface area (Å²) >= 11 is 6.16. The number of carbonyl (C=O) groups excluding carboxylic acids is 1. The number of nitrogens with zero attached hydrogens (tertiary/aromatic N) is 3. The van der Waals surface area contributed by atoms with Gasteiger partial charge in [0.15, 0.2) is 0 Å². The number of Topliss-reactive ketones (excluding diaryl/α,β-unsaturated/α-hetero) is 1. The molecule has 3 heterocycles. The average Bonchev–Trinajstić information content (AvgIpc) is 3.46. The van der Waals surface area contributed by atoms with E-state index in [9.17, 15) is 18.0 Å². The first-order valence-electron chi connectivity index (χ1n) is 12.5. The van der Waals surface area contributed by atoms with Gasteiger partial charge in [0, 0.05) is 49.2 Å². The summed E-state index contributed by atoms with van der Waals surface area (Å²) in [6, 6.07) is 3.85. The quantitative estimate of drug-likeness (QED) is 0.459. The standard InChI is InChI=1S/C26H30ClF3N4O2/c1-14(18-3-2-4-19(23(18)28)24(29)30)31-25-20-9-15(10-21(20)32-26(27)33-25)5-6-22(35)16-11-34(12-16)17-7-8-36-13-17/h2-4,14-17,24H,5-13H2,1H3,(H,31,32,33)/t14-,15?,17?/m1/s1. The first kappa shape index (κ1) is 25.4. The second kappa shape index (κ2) is 10.6. The van der Waals surface area contributed by atoms with Crippen molar-refractivity contribution in [2.45, 2.75) is 57.5 Å². The molecule has 0 radical (unpaired) electrons. The van der Waals surface area contributed by atoms with Gasteiger partial charge in [0.05, 0.1) is 23.9 Å². The lowest BCUT2D eigenvalue weighted by molar-refractivity contribution is -0.129. The molecule has 1 aliphatic carbocycles. The van der Waals surface area contributed by atoms with Crippen LogP contribution in [0.5, 0.6) is 0 Å². The number of ether oxygens (including phenoxy) is 1. The summed E-state index contributed by atoms with van der Waals surface area (Å²) in [7, 11) is 0. The maximum atomic E-state index is 14.7. The molecule has 0 amide bonds. The predicted octanol–water partition coefficient (Wildman–Crippen LogP) is 5.16. The molecule has 5 rings (SSSR count). The molecule has 1 aromatic carbocycles. The largest absolute Gasteiger partial charge is 0.380 e. The fourth-order valence-corrected chi connectivity index (χ4v) is 5.76. The molecule has 3 atom stereocenters. The number of nitrogens with one attached hydrogen (secondary N) is 1. The molecule has 1 N–H and O–H groups in total. The summed E-state index contributed by atoms with van der Waals surface area (Å²) < 4.78 is 46.4. The lowest BCUT2D eigenvalue weighted by atomic mass is 9.88. The van der Waals surface area contributed by atoms with Gasteiger partial charge in [-0.3, -0.25) is 9.69 Å². The number of likely N-dealkylation sites (tertiary alicyclic amines) is 1. The Labute approximate surface area is 213 Å². The highest BCUT2D eigenvalue weighted by atomic mass is 35.5. The number of hydrogen-bond donors (Lipinski definition) is 1. The highest BCUT2D eigenvalue weighted by Gasteiger charge is 2.38. The Bertz CT molecular complexity index is 1120. The van der Waals surface area contributed by atoms with Gasteiger partial charge in [-0.15, -0.1) is 0 Å². The molecular formula is C26H30ClF3N4O2. The molecule has 2 aromatic rings. The first-order valence-corrected chi connectivity index (χ1v) is 12.9. The Morgan fingerprint density at radius 2 is 2.03 bits per heavy atom. The third kappa shape index (κ3) is 5.24. The minimum atomic E-state index is -2.89. The third-order valence-electron chi connectivity index (χ3n) is 7.74. The van der Waals surface area contributed by atoms with Crippen LogP contribution in [0.1, 0.15) is 61.0 Å². The van der Waals surface area contributed by atoms with Crippen molar-refractivity contribution >= 4 is 23.2 Å². The third-order valence-corrected chi connectivity index (χ3v) is 7.91. The minimum absolute atomic E-state index is 0.0763. The van der Waals surface area contributed by atoms with Crippen molar-refractivity contribution in [3.05, 3.63) is 51.7 Å². The van der Waals surface area contributed by atoms with Crippen LogP contribution < -0.4 is 5.32 Å². The maximum absolute atomic E-state index is 14.7. The zero-order chi connectivity index (χ0) is 25.4. The van der Waals surface area contributed by atoms with E-state index in [-0.39, 0.29) is 22.7 Å². The van der Waals surface area contributed by atoms with E-state index in [1.165, 1.54) is 12.1 Å². The molecule has 3 aliphatic rings. The number of benzene rings is 1. The van der Waals surface area contributed by atoms with E-state index < -0.39 is 23.8 Å². The van der Waals surface area contributed by atoms with Crippen LogP contribution in [0.2, 0.25) is 5.28 Å². The van der Waals surface area contributed by atoms with Gasteiger partial charge >= 0.3 is 0 Å². The molecule has 10 heteroatoms. The summed E-state index contributed by atoms with van der Waals surface area (Å²) in [5.41, 5.74) is 1.23. The van der Waals surface area contributed by atoms with Crippen LogP contribution in [0.4, 0.5) is 19.0 Å². The van der Waals surface area contributed by atoms with Crippen molar-refractivity contribution in [3.8, 4) is 0 Å². The monoisotopic (exact) mass is 522 g/mol. The normalized spacial score (nSPS) is 23.1. The number of halogens is 4. The number of anilines is 1. The summed E-state index contributed by atoms with van der Waals surface area (Å²) in [6.45, 7) is 4.93. The van der Waals surface area contributed by atoms with Gasteiger partial charge in [0.2, 0.25) is 5.28 Å². The van der Waals surface area contributed by atoms with Crippen LogP contribution in [-0.2, 0) is 22.4 Å². The van der Waals surface area contributed by atoms with Crippen molar-refractivity contribution in [1.29, 1.82) is 0 Å². The number of carbonyl (C=O) groups is 1. The summed E-state index contributed by atoms with van der Waals surface area (Å²) in [4.78, 5) is 23.8. The predicted molar refractivity (Wildman–Crippen MR) is 130 cm³/mol. The van der Waals surface area contributed by atoms with Gasteiger partial charge in [0.25, 0.3) is 6.43 Å². The van der Waals surface area contributed by atoms with Crippen LogP contribution in [0, 0.1) is 17.7 Å². The van der Waals surface area contributed by atoms with Gasteiger partial charge in [-0.2, -0.15) is 0 Å². The van der Waals surface area contributed by atoms with E-state index in [0.717, 1.165) is 56.5 Å². The van der Waals surface area contributed by atoms with Gasteiger partial charge in [-0.25, -0.2) is 23.1 Å². The fourth-order valence-electron chi connectivity index (χ4n) is 5.57. The van der Waals surface area contributed by atoms with E-state index in [0.29, 0.717) is 36.9 Å². The Kier molecular flexibility index (Phi) is 7.51. The molecule has 2 fully saturated rings. The fraction of sp³-hybridized carbons (Fsp3) is 0.577. The van der Waals surface area contributed by atoms with Gasteiger partial charge in [0.1, 0.15) is 17.4 Å². The van der Waals surface area contributed by atoms with Crippen molar-refractivity contribution < 1.29 is 22.7 Å². The van der Waals surface area contributed by atoms with Crippen LogP contribution in [0.25, 0.3) is 0 Å². The van der Waals surface area contributed by atoms with Crippen molar-refractivity contribution in [3.63, 3.8) is 0 Å². The molecule has 194 valence electrons. The highest BCUT2D eigenvalue weighted by Crippen LogP contribution is 2.36. The van der Waals surface area contributed by atoms with Gasteiger partial charge < -0.3 is 10.1 Å². The van der Waals surface area contributed by atoms with E-state index in [4.69, 9.17) is 16.3 Å². The highest BCUT2D eigenvalue weighted by molar-refractivity contribution is 6.28. The second-order valence-corrected chi connectivity index (χ2v) is 10.5. The number of rotatable bonds is 9. The van der Waals surface area contributed by atoms with Gasteiger partial charge in [-0.1, -0.05) is 18.2 Å². The van der Waals surface area contributed by atoms with Gasteiger partial charge in [-0.05, 0) is 50.1 Å². The topological polar surface area (TPSA) is 67.4 Å². The minimum Gasteiger partial charge on any atom is -0.380 e. The molecule has 2 saturated heterocycles. The van der Waals surface area contributed by atoms with Crippen molar-refractivity contribution in [1.82, 2.24) is 14.9 Å². The first-order chi connectivity index (χ1) is 17.3. The van der Waals surface area contributed by atoms with Crippen LogP contribution in [0.15, 0.2) is 18.2 Å². The Hall–Kier alpha value is -2.23. The SMILES string of the molecule is C[C@@H](Nc1nc(Cl)nc2c1CC(CCC(=O)C1CN(C3CCOC3)C1)C2)c1cccc(C(F)F)c1F. The molecular weight excluding hydrogens is 493 g/mol. The molecule has 1 aromatic heterocycles. The van der Waals surface area contributed by atoms with Crippen LogP contribution >= 0.6 is 11.6 Å². The number of ketones is 1. The van der Waals surface area contributed by atoms with Crippen LogP contribution in [-0.4, -0.2) is 53.0 Å². The zero-order valence-electron chi connectivity index (χ0n) is 20.2. The molecule has 0 saturated carbocycles. The van der Waals surface area contributed by atoms with Crippen molar-refractivity contribution in [2.24, 2.45) is 11.8 Å². The average molecular weight is 523 g/mol. The lowest BCUT2D eigenvalue weighted by Gasteiger charge is -2.42. The smallest absolute Gasteiger partial charge is 0.266 e. The molecule has 36 heavy (non-hydrogen) atoms. The number of fused-ring (bicyclic) bond motifs is 1. The second-order valence-electron chi connectivity index (χ2n) is 10.1. The maximum Gasteiger partial charge on any atom is 0.266 e. The molecule has 0 spiro atoms. The Morgan fingerprint density at radius 3 is 2.75 bits per heavy atom. The molecule has 6 nitrogen and oxygen atoms in total. The molecule has 2 unspecified atom stereocenters. The van der Waals surface area contributed by atoms with E-state index in [1.807, 2.05) is 0 Å². The summed E-state index contributed by atoms with van der Waals surface area (Å²) in [5.74, 6) is 0.232. The van der Waals surface area contributed by atoms with E-state index in [1.54, 1.807) is 6.92 Å². The Morgan fingerprint density at radius 1 is 1.25 bits per heavy atom.